The molecular weight excluding hydrogens is 242 g/mol. The van der Waals surface area contributed by atoms with Crippen LogP contribution in [0.3, 0.4) is 0 Å². The van der Waals surface area contributed by atoms with Crippen LogP contribution in [-0.2, 0) is 16.0 Å². The summed E-state index contributed by atoms with van der Waals surface area (Å²) in [5.41, 5.74) is 8.87. The number of aryl methyl sites for hydroxylation is 1. The first kappa shape index (κ1) is 12.0. The largest absolute Gasteiger partial charge is 0.399 e. The number of hydrogen-bond acceptors (Lipinski definition) is 3. The average Bonchev–Trinajstić information content (AvgIpc) is 2.96. The molecule has 0 bridgehead atoms. The van der Waals surface area contributed by atoms with Crippen molar-refractivity contribution in [3.63, 3.8) is 0 Å². The second-order valence-corrected chi connectivity index (χ2v) is 5.22. The van der Waals surface area contributed by atoms with E-state index in [1.807, 2.05) is 18.2 Å². The molecule has 1 saturated heterocycles. The number of nitrogen functional groups attached to an aromatic ring is 1. The fraction of sp³-hybridized carbons (Fsp3) is 0.429. The van der Waals surface area contributed by atoms with E-state index in [0.717, 1.165) is 24.1 Å². The summed E-state index contributed by atoms with van der Waals surface area (Å²) < 4.78 is 0. The van der Waals surface area contributed by atoms with E-state index in [4.69, 9.17) is 5.73 Å². The molecular formula is C14H17N3O2. The van der Waals surface area contributed by atoms with Crippen molar-refractivity contribution >= 4 is 17.5 Å². The molecule has 3 rings (SSSR count). The molecule has 5 heteroatoms. The summed E-state index contributed by atoms with van der Waals surface area (Å²) in [5, 5.41) is 5.71. The first-order chi connectivity index (χ1) is 9.13. The highest BCUT2D eigenvalue weighted by Crippen LogP contribution is 2.32. The Morgan fingerprint density at radius 1 is 1.32 bits per heavy atom. The Bertz CT molecular complexity index is 541. The van der Waals surface area contributed by atoms with Crippen molar-refractivity contribution in [2.75, 3.05) is 5.73 Å². The zero-order chi connectivity index (χ0) is 13.4. The van der Waals surface area contributed by atoms with Crippen molar-refractivity contribution in [1.29, 1.82) is 0 Å². The fourth-order valence-corrected chi connectivity index (χ4v) is 2.87. The van der Waals surface area contributed by atoms with E-state index in [1.165, 1.54) is 5.56 Å². The molecule has 100 valence electrons. The summed E-state index contributed by atoms with van der Waals surface area (Å²) in [6, 6.07) is 5.49. The number of hydrogen-bond donors (Lipinski definition) is 3. The number of carbonyl (C=O) groups excluding carboxylic acids is 2. The van der Waals surface area contributed by atoms with Gasteiger partial charge in [0.1, 0.15) is 6.04 Å². The zero-order valence-electron chi connectivity index (χ0n) is 10.6. The molecule has 2 aliphatic rings. The van der Waals surface area contributed by atoms with E-state index in [9.17, 15) is 9.59 Å². The summed E-state index contributed by atoms with van der Waals surface area (Å²) in [5.74, 6) is -0.125. The van der Waals surface area contributed by atoms with Crippen molar-refractivity contribution in [3.8, 4) is 0 Å². The minimum atomic E-state index is -0.370. The van der Waals surface area contributed by atoms with Crippen LogP contribution in [0.2, 0.25) is 0 Å². The molecule has 1 aromatic rings. The van der Waals surface area contributed by atoms with Gasteiger partial charge in [0.2, 0.25) is 11.8 Å². The van der Waals surface area contributed by atoms with E-state index in [1.54, 1.807) is 0 Å². The van der Waals surface area contributed by atoms with Gasteiger partial charge >= 0.3 is 0 Å². The summed E-state index contributed by atoms with van der Waals surface area (Å²) in [4.78, 5) is 23.2. The van der Waals surface area contributed by atoms with Crippen molar-refractivity contribution in [2.45, 2.75) is 37.8 Å². The number of fused-ring (bicyclic) bond motifs is 1. The third-order valence-corrected chi connectivity index (χ3v) is 3.87. The molecule has 1 aromatic carbocycles. The number of rotatable bonds is 2. The topological polar surface area (TPSA) is 84.2 Å². The van der Waals surface area contributed by atoms with Crippen LogP contribution in [0.4, 0.5) is 5.69 Å². The van der Waals surface area contributed by atoms with Gasteiger partial charge in [0.05, 0.1) is 6.04 Å². The lowest BCUT2D eigenvalue weighted by atomic mass is 10.1. The molecule has 1 fully saturated rings. The molecule has 5 nitrogen and oxygen atoms in total. The van der Waals surface area contributed by atoms with E-state index in [0.29, 0.717) is 12.8 Å². The predicted molar refractivity (Wildman–Crippen MR) is 71.2 cm³/mol. The third-order valence-electron chi connectivity index (χ3n) is 3.87. The molecule has 2 amide bonds. The van der Waals surface area contributed by atoms with Crippen LogP contribution >= 0.6 is 0 Å². The Labute approximate surface area is 111 Å². The number of benzene rings is 1. The smallest absolute Gasteiger partial charge is 0.243 e. The number of carbonyl (C=O) groups is 2. The van der Waals surface area contributed by atoms with Crippen LogP contribution in [-0.4, -0.2) is 17.9 Å². The summed E-state index contributed by atoms with van der Waals surface area (Å²) in [7, 11) is 0. The average molecular weight is 259 g/mol. The van der Waals surface area contributed by atoms with Gasteiger partial charge in [-0.2, -0.15) is 0 Å². The molecule has 0 radical (unpaired) electrons. The highest BCUT2D eigenvalue weighted by molar-refractivity contribution is 5.91. The highest BCUT2D eigenvalue weighted by Gasteiger charge is 2.30. The standard InChI is InChI=1S/C14H17N3O2/c15-9-2-3-10-8(7-9)1-4-11(10)17-14(19)12-5-6-13(18)16-12/h2-3,7,11-12H,1,4-6,15H2,(H,16,18)(H,17,19)/t11?,12-/m0/s1. The van der Waals surface area contributed by atoms with Crippen molar-refractivity contribution in [1.82, 2.24) is 10.6 Å². The second-order valence-electron chi connectivity index (χ2n) is 5.22. The minimum absolute atomic E-state index is 0.0419. The Hall–Kier alpha value is -2.04. The Morgan fingerprint density at radius 3 is 2.89 bits per heavy atom. The van der Waals surface area contributed by atoms with Crippen molar-refractivity contribution < 1.29 is 9.59 Å². The van der Waals surface area contributed by atoms with Gasteiger partial charge in [-0.15, -0.1) is 0 Å². The molecule has 1 aliphatic heterocycles. The molecule has 0 saturated carbocycles. The number of nitrogens with one attached hydrogen (secondary N) is 2. The molecule has 0 aromatic heterocycles. The molecule has 1 unspecified atom stereocenters. The summed E-state index contributed by atoms with van der Waals surface area (Å²) in [6.45, 7) is 0. The van der Waals surface area contributed by atoms with Crippen molar-refractivity contribution in [3.05, 3.63) is 29.3 Å². The normalized spacial score (nSPS) is 24.9. The maximum atomic E-state index is 12.1. The van der Waals surface area contributed by atoms with Gasteiger partial charge < -0.3 is 16.4 Å². The predicted octanol–water partition coefficient (Wildman–Crippen LogP) is 0.651. The molecule has 19 heavy (non-hydrogen) atoms. The van der Waals surface area contributed by atoms with Crippen LogP contribution < -0.4 is 16.4 Å². The van der Waals surface area contributed by atoms with E-state index in [2.05, 4.69) is 10.6 Å². The Kier molecular flexibility index (Phi) is 2.89. The lowest BCUT2D eigenvalue weighted by Crippen LogP contribution is -2.42. The maximum Gasteiger partial charge on any atom is 0.243 e. The van der Waals surface area contributed by atoms with Crippen LogP contribution in [0.5, 0.6) is 0 Å². The Balaban J connectivity index is 1.69. The van der Waals surface area contributed by atoms with Gasteiger partial charge in [-0.25, -0.2) is 0 Å². The number of amides is 2. The Morgan fingerprint density at radius 2 is 2.16 bits per heavy atom. The number of anilines is 1. The minimum Gasteiger partial charge on any atom is -0.399 e. The quantitative estimate of drug-likeness (QED) is 0.682. The first-order valence-corrected chi connectivity index (χ1v) is 6.61. The van der Waals surface area contributed by atoms with E-state index in [-0.39, 0.29) is 23.9 Å². The first-order valence-electron chi connectivity index (χ1n) is 6.61. The molecule has 2 atom stereocenters. The SMILES string of the molecule is Nc1ccc2c(c1)CCC2NC(=O)[C@@H]1CCC(=O)N1. The second kappa shape index (κ2) is 4.57. The van der Waals surface area contributed by atoms with Gasteiger partial charge in [0, 0.05) is 12.1 Å². The zero-order valence-corrected chi connectivity index (χ0v) is 10.6. The summed E-state index contributed by atoms with van der Waals surface area (Å²) >= 11 is 0. The van der Waals surface area contributed by atoms with Crippen LogP contribution in [0.15, 0.2) is 18.2 Å². The van der Waals surface area contributed by atoms with Gasteiger partial charge in [-0.05, 0) is 42.5 Å². The molecule has 0 spiro atoms. The molecule has 1 aliphatic carbocycles. The summed E-state index contributed by atoms with van der Waals surface area (Å²) in [6.07, 6.45) is 2.86. The lowest BCUT2D eigenvalue weighted by Gasteiger charge is -2.17. The fourth-order valence-electron chi connectivity index (χ4n) is 2.87. The van der Waals surface area contributed by atoms with Gasteiger partial charge in [0.15, 0.2) is 0 Å². The van der Waals surface area contributed by atoms with Crippen LogP contribution in [0.1, 0.15) is 36.4 Å². The van der Waals surface area contributed by atoms with Crippen LogP contribution in [0, 0.1) is 0 Å². The molecule has 1 heterocycles. The van der Waals surface area contributed by atoms with Crippen LogP contribution in [0.25, 0.3) is 0 Å². The van der Waals surface area contributed by atoms with E-state index < -0.39 is 0 Å². The monoisotopic (exact) mass is 259 g/mol. The highest BCUT2D eigenvalue weighted by atomic mass is 16.2. The van der Waals surface area contributed by atoms with Crippen molar-refractivity contribution in [2.24, 2.45) is 0 Å². The third kappa shape index (κ3) is 2.28. The number of nitrogens with two attached hydrogens (primary N) is 1. The lowest BCUT2D eigenvalue weighted by molar-refractivity contribution is -0.126. The van der Waals surface area contributed by atoms with Gasteiger partial charge in [0.25, 0.3) is 0 Å². The van der Waals surface area contributed by atoms with E-state index >= 15 is 0 Å². The van der Waals surface area contributed by atoms with Gasteiger partial charge in [-0.3, -0.25) is 9.59 Å². The maximum absolute atomic E-state index is 12.1. The molecule has 4 N–H and O–H groups in total. The van der Waals surface area contributed by atoms with Gasteiger partial charge in [-0.1, -0.05) is 6.07 Å².